The smallest absolute Gasteiger partial charge is 0.230 e. The van der Waals surface area contributed by atoms with Crippen molar-refractivity contribution in [3.63, 3.8) is 0 Å². The topological polar surface area (TPSA) is 72.7 Å². The van der Waals surface area contributed by atoms with E-state index in [4.69, 9.17) is 0 Å². The summed E-state index contributed by atoms with van der Waals surface area (Å²) in [5.41, 5.74) is 2.94. The SMILES string of the molecule is C=CCNC(=O)CSc1nnc(-c2cccnc2)n1-c1ccccc1C. The van der Waals surface area contributed by atoms with E-state index in [0.29, 0.717) is 17.5 Å². The molecule has 0 spiro atoms. The minimum Gasteiger partial charge on any atom is -0.352 e. The second-order valence-electron chi connectivity index (χ2n) is 5.55. The highest BCUT2D eigenvalue weighted by molar-refractivity contribution is 7.99. The number of pyridine rings is 1. The highest BCUT2D eigenvalue weighted by atomic mass is 32.2. The quantitative estimate of drug-likeness (QED) is 0.515. The van der Waals surface area contributed by atoms with Crippen LogP contribution in [0.3, 0.4) is 0 Å². The normalized spacial score (nSPS) is 10.5. The van der Waals surface area contributed by atoms with Crippen molar-refractivity contribution in [2.45, 2.75) is 12.1 Å². The number of para-hydroxylation sites is 1. The summed E-state index contributed by atoms with van der Waals surface area (Å²) in [5.74, 6) is 0.879. The van der Waals surface area contributed by atoms with Crippen LogP contribution in [0.2, 0.25) is 0 Å². The lowest BCUT2D eigenvalue weighted by atomic mass is 10.2. The van der Waals surface area contributed by atoms with Crippen LogP contribution >= 0.6 is 11.8 Å². The van der Waals surface area contributed by atoms with Crippen LogP contribution in [-0.4, -0.2) is 38.0 Å². The molecule has 0 bridgehead atoms. The first-order chi connectivity index (χ1) is 12.7. The van der Waals surface area contributed by atoms with Gasteiger partial charge < -0.3 is 5.32 Å². The standard InChI is InChI=1S/C19H19N5OS/c1-3-10-21-17(25)13-26-19-23-22-18(15-8-6-11-20-12-15)24(19)16-9-5-4-7-14(16)2/h3-9,11-12H,1,10,13H2,2H3,(H,21,25). The molecule has 0 saturated carbocycles. The zero-order valence-electron chi connectivity index (χ0n) is 14.4. The third-order valence-corrected chi connectivity index (χ3v) is 4.61. The number of carbonyl (C=O) groups excluding carboxylic acids is 1. The van der Waals surface area contributed by atoms with Crippen LogP contribution < -0.4 is 5.32 Å². The van der Waals surface area contributed by atoms with Gasteiger partial charge in [0, 0.05) is 24.5 Å². The van der Waals surface area contributed by atoms with Crippen LogP contribution in [0.4, 0.5) is 0 Å². The second kappa shape index (κ2) is 8.44. The van der Waals surface area contributed by atoms with Crippen molar-refractivity contribution in [3.05, 3.63) is 67.0 Å². The Labute approximate surface area is 156 Å². The van der Waals surface area contributed by atoms with Crippen molar-refractivity contribution >= 4 is 17.7 Å². The van der Waals surface area contributed by atoms with Gasteiger partial charge in [0.15, 0.2) is 11.0 Å². The fraction of sp³-hybridized carbons (Fsp3) is 0.158. The molecule has 3 rings (SSSR count). The molecule has 1 amide bonds. The number of aromatic nitrogens is 4. The monoisotopic (exact) mass is 365 g/mol. The van der Waals surface area contributed by atoms with Gasteiger partial charge in [-0.25, -0.2) is 0 Å². The molecule has 0 radical (unpaired) electrons. The Hall–Kier alpha value is -2.93. The Morgan fingerprint density at radius 2 is 2.12 bits per heavy atom. The minimum atomic E-state index is -0.0721. The molecule has 0 aliphatic heterocycles. The Morgan fingerprint density at radius 3 is 2.85 bits per heavy atom. The maximum absolute atomic E-state index is 11.9. The van der Waals surface area contributed by atoms with Gasteiger partial charge in [0.1, 0.15) is 0 Å². The van der Waals surface area contributed by atoms with E-state index in [1.165, 1.54) is 11.8 Å². The Balaban J connectivity index is 1.97. The first-order valence-corrected chi connectivity index (χ1v) is 9.11. The predicted octanol–water partition coefficient (Wildman–Crippen LogP) is 3.03. The second-order valence-corrected chi connectivity index (χ2v) is 6.49. The molecule has 1 aromatic carbocycles. The average Bonchev–Trinajstić information content (AvgIpc) is 3.09. The lowest BCUT2D eigenvalue weighted by Crippen LogP contribution is -2.25. The highest BCUT2D eigenvalue weighted by Crippen LogP contribution is 2.28. The van der Waals surface area contributed by atoms with Gasteiger partial charge >= 0.3 is 0 Å². The molecule has 2 heterocycles. The van der Waals surface area contributed by atoms with Gasteiger partial charge in [-0.05, 0) is 30.7 Å². The summed E-state index contributed by atoms with van der Waals surface area (Å²) in [7, 11) is 0. The molecule has 3 aromatic rings. The molecule has 0 saturated heterocycles. The van der Waals surface area contributed by atoms with E-state index >= 15 is 0 Å². The molecule has 0 fully saturated rings. The van der Waals surface area contributed by atoms with E-state index in [1.54, 1.807) is 18.5 Å². The van der Waals surface area contributed by atoms with Crippen molar-refractivity contribution in [3.8, 4) is 17.1 Å². The molecule has 0 atom stereocenters. The Kier molecular flexibility index (Phi) is 5.80. The molecule has 0 aliphatic carbocycles. The summed E-state index contributed by atoms with van der Waals surface area (Å²) in [6.45, 7) is 6.08. The van der Waals surface area contributed by atoms with Crippen LogP contribution in [0.1, 0.15) is 5.56 Å². The summed E-state index contributed by atoms with van der Waals surface area (Å²) < 4.78 is 1.97. The molecule has 132 valence electrons. The predicted molar refractivity (Wildman–Crippen MR) is 103 cm³/mol. The van der Waals surface area contributed by atoms with Crippen LogP contribution in [0, 0.1) is 6.92 Å². The lowest BCUT2D eigenvalue weighted by molar-refractivity contribution is -0.118. The van der Waals surface area contributed by atoms with Crippen LogP contribution in [0.5, 0.6) is 0 Å². The van der Waals surface area contributed by atoms with E-state index in [9.17, 15) is 4.79 Å². The van der Waals surface area contributed by atoms with Gasteiger partial charge in [0.2, 0.25) is 5.91 Å². The van der Waals surface area contributed by atoms with Gasteiger partial charge in [0.05, 0.1) is 11.4 Å². The first kappa shape index (κ1) is 17.9. The van der Waals surface area contributed by atoms with Crippen LogP contribution in [0.25, 0.3) is 17.1 Å². The van der Waals surface area contributed by atoms with Gasteiger partial charge in [-0.2, -0.15) is 0 Å². The van der Waals surface area contributed by atoms with Crippen molar-refractivity contribution in [2.24, 2.45) is 0 Å². The third-order valence-electron chi connectivity index (χ3n) is 3.69. The van der Waals surface area contributed by atoms with Gasteiger partial charge in [0.25, 0.3) is 0 Å². The molecule has 26 heavy (non-hydrogen) atoms. The van der Waals surface area contributed by atoms with Gasteiger partial charge in [-0.15, -0.1) is 16.8 Å². The Morgan fingerprint density at radius 1 is 1.27 bits per heavy atom. The van der Waals surface area contributed by atoms with Crippen molar-refractivity contribution < 1.29 is 4.79 Å². The number of aryl methyl sites for hydroxylation is 1. The first-order valence-electron chi connectivity index (χ1n) is 8.13. The number of nitrogens with zero attached hydrogens (tertiary/aromatic N) is 4. The number of nitrogens with one attached hydrogen (secondary N) is 1. The Bertz CT molecular complexity index is 907. The summed E-state index contributed by atoms with van der Waals surface area (Å²) in [5, 5.41) is 12.1. The van der Waals surface area contributed by atoms with Crippen molar-refractivity contribution in [2.75, 3.05) is 12.3 Å². The van der Waals surface area contributed by atoms with E-state index in [2.05, 4.69) is 27.1 Å². The molecule has 1 N–H and O–H groups in total. The summed E-state index contributed by atoms with van der Waals surface area (Å²) >= 11 is 1.35. The number of amides is 1. The summed E-state index contributed by atoms with van der Waals surface area (Å²) in [4.78, 5) is 16.1. The zero-order valence-corrected chi connectivity index (χ0v) is 15.2. The molecule has 7 heteroatoms. The maximum atomic E-state index is 11.9. The molecule has 2 aromatic heterocycles. The average molecular weight is 365 g/mol. The van der Waals surface area contributed by atoms with E-state index < -0.39 is 0 Å². The number of hydrogen-bond acceptors (Lipinski definition) is 5. The molecule has 0 aliphatic rings. The largest absolute Gasteiger partial charge is 0.352 e. The summed E-state index contributed by atoms with van der Waals surface area (Å²) in [6.07, 6.45) is 5.13. The minimum absolute atomic E-state index is 0.0721. The number of thioether (sulfide) groups is 1. The van der Waals surface area contributed by atoms with Crippen molar-refractivity contribution in [1.29, 1.82) is 0 Å². The fourth-order valence-corrected chi connectivity index (χ4v) is 3.22. The fourth-order valence-electron chi connectivity index (χ4n) is 2.44. The van der Waals surface area contributed by atoms with E-state index in [-0.39, 0.29) is 11.7 Å². The molecular formula is C19H19N5OS. The van der Waals surface area contributed by atoms with Crippen molar-refractivity contribution in [1.82, 2.24) is 25.1 Å². The zero-order chi connectivity index (χ0) is 18.4. The van der Waals surface area contributed by atoms with Crippen LogP contribution in [0.15, 0.2) is 66.6 Å². The van der Waals surface area contributed by atoms with E-state index in [1.807, 2.05) is 47.9 Å². The van der Waals surface area contributed by atoms with Gasteiger partial charge in [-0.1, -0.05) is 36.0 Å². The van der Waals surface area contributed by atoms with E-state index in [0.717, 1.165) is 16.8 Å². The third kappa shape index (κ3) is 4.00. The lowest BCUT2D eigenvalue weighted by Gasteiger charge is -2.12. The van der Waals surface area contributed by atoms with Crippen LogP contribution in [-0.2, 0) is 4.79 Å². The number of carbonyl (C=O) groups is 1. The number of hydrogen-bond donors (Lipinski definition) is 1. The molecule has 0 unspecified atom stereocenters. The number of benzene rings is 1. The highest BCUT2D eigenvalue weighted by Gasteiger charge is 2.18. The number of rotatable bonds is 7. The summed E-state index contributed by atoms with van der Waals surface area (Å²) in [6, 6.07) is 11.8. The van der Waals surface area contributed by atoms with Gasteiger partial charge in [-0.3, -0.25) is 14.3 Å². The maximum Gasteiger partial charge on any atom is 0.230 e. The molecule has 6 nitrogen and oxygen atoms in total. The molecular weight excluding hydrogens is 346 g/mol.